The maximum Gasteiger partial charge on any atom is 0.305 e. The van der Waals surface area contributed by atoms with Crippen molar-refractivity contribution in [3.8, 4) is 0 Å². The molecule has 0 bridgehead atoms. The van der Waals surface area contributed by atoms with E-state index in [0.29, 0.717) is 35.2 Å². The number of carbonyl (C=O) groups excluding carboxylic acids is 2. The summed E-state index contributed by atoms with van der Waals surface area (Å²) in [5, 5.41) is 0. The topological polar surface area (TPSA) is 55.8 Å². The summed E-state index contributed by atoms with van der Waals surface area (Å²) in [6.45, 7) is 16.1. The molecule has 0 N–H and O–H groups in total. The van der Waals surface area contributed by atoms with Crippen molar-refractivity contribution in [1.82, 2.24) is 4.90 Å². The number of hydrogen-bond donors (Lipinski definition) is 0. The molecule has 0 unspecified atom stereocenters. The molecule has 0 saturated heterocycles. The molecule has 0 spiro atoms. The lowest BCUT2D eigenvalue weighted by atomic mass is 10.1. The quantitative estimate of drug-likeness (QED) is 0.0337. The Morgan fingerprint density at radius 1 is 0.319 bits per heavy atom. The summed E-state index contributed by atoms with van der Waals surface area (Å²) < 4.78 is 12.5. The highest BCUT2D eigenvalue weighted by Gasteiger charge is 2.15. The molecule has 0 aliphatic heterocycles. The van der Waals surface area contributed by atoms with Gasteiger partial charge in [-0.2, -0.15) is 0 Å². The Morgan fingerprint density at radius 3 is 0.870 bits per heavy atom. The lowest BCUT2D eigenvalue weighted by molar-refractivity contribution is -0.144. The average molecular weight is 1050 g/mol. The summed E-state index contributed by atoms with van der Waals surface area (Å²) in [5.41, 5.74) is 0. The number of hydrogen-bond acceptors (Lipinski definition) is 9. The minimum absolute atomic E-state index is 0.00707. The predicted octanol–water partition coefficient (Wildman–Crippen LogP) is 20.4. The normalized spacial score (nSPS) is 11.8. The van der Waals surface area contributed by atoms with Crippen LogP contribution < -0.4 is 0 Å². The smallest absolute Gasteiger partial charge is 0.305 e. The van der Waals surface area contributed by atoms with Crippen molar-refractivity contribution in [2.24, 2.45) is 0 Å². The highest BCUT2D eigenvalue weighted by atomic mass is 32.2. The zero-order valence-corrected chi connectivity index (χ0v) is 50.2. The molecular formula is C60H119NO4S4. The van der Waals surface area contributed by atoms with Crippen LogP contribution in [0.25, 0.3) is 0 Å². The molecule has 0 aromatic heterocycles. The van der Waals surface area contributed by atoms with Crippen LogP contribution in [0.5, 0.6) is 0 Å². The van der Waals surface area contributed by atoms with Crippen molar-refractivity contribution in [1.29, 1.82) is 0 Å². The highest BCUT2D eigenvalue weighted by Crippen LogP contribution is 2.32. The van der Waals surface area contributed by atoms with E-state index in [1.54, 1.807) is 0 Å². The molecule has 0 heterocycles. The van der Waals surface area contributed by atoms with Crippen molar-refractivity contribution in [3.63, 3.8) is 0 Å². The monoisotopic (exact) mass is 1050 g/mol. The van der Waals surface area contributed by atoms with Crippen molar-refractivity contribution < 1.29 is 19.1 Å². The van der Waals surface area contributed by atoms with Gasteiger partial charge < -0.3 is 14.4 Å². The van der Waals surface area contributed by atoms with Crippen LogP contribution in [-0.4, -0.2) is 81.9 Å². The molecule has 412 valence electrons. The van der Waals surface area contributed by atoms with Crippen molar-refractivity contribution in [2.75, 3.05) is 55.9 Å². The Hall–Kier alpha value is 0.300. The van der Waals surface area contributed by atoms with Gasteiger partial charge in [0, 0.05) is 12.8 Å². The minimum Gasteiger partial charge on any atom is -0.466 e. The fourth-order valence-corrected chi connectivity index (χ4v) is 14.4. The summed E-state index contributed by atoms with van der Waals surface area (Å²) >= 11 is 8.42. The summed E-state index contributed by atoms with van der Waals surface area (Å²) in [6, 6.07) is 0. The number of rotatable bonds is 59. The largest absolute Gasteiger partial charge is 0.466 e. The number of thioether (sulfide) groups is 4. The summed E-state index contributed by atoms with van der Waals surface area (Å²) in [7, 11) is 0. The van der Waals surface area contributed by atoms with Crippen molar-refractivity contribution in [2.45, 2.75) is 313 Å². The zero-order chi connectivity index (χ0) is 50.2. The Kier molecular flexibility index (Phi) is 59.4. The van der Waals surface area contributed by atoms with Crippen LogP contribution in [0.2, 0.25) is 0 Å². The molecule has 5 nitrogen and oxygen atoms in total. The third-order valence-corrected chi connectivity index (χ3v) is 19.6. The molecule has 0 atom stereocenters. The van der Waals surface area contributed by atoms with E-state index in [1.807, 2.05) is 0 Å². The lowest BCUT2D eigenvalue weighted by Crippen LogP contribution is -2.27. The number of carbonyl (C=O) groups is 2. The van der Waals surface area contributed by atoms with Gasteiger partial charge in [0.2, 0.25) is 0 Å². The first-order valence-electron chi connectivity index (χ1n) is 30.5. The molecule has 0 radical (unpaired) electrons. The molecule has 0 aliphatic carbocycles. The summed E-state index contributed by atoms with van der Waals surface area (Å²) in [4.78, 5) is 28.2. The molecule has 0 fully saturated rings. The van der Waals surface area contributed by atoms with Crippen LogP contribution in [-0.2, 0) is 19.1 Å². The van der Waals surface area contributed by atoms with Gasteiger partial charge >= 0.3 is 11.9 Å². The van der Waals surface area contributed by atoms with Gasteiger partial charge in [-0.1, -0.05) is 221 Å². The SMILES string of the molecule is CCCCCCCCCSC(CCC(=O)OCCCCCCN(CCCC)CCCCCCOC(=O)CCC(SCCCCCCCCC)SCCCCCCCCC)SCCCCCCCCC. The Balaban J connectivity index is 4.33. The van der Waals surface area contributed by atoms with Crippen molar-refractivity contribution in [3.05, 3.63) is 0 Å². The molecule has 0 aliphatic rings. The third-order valence-electron chi connectivity index (χ3n) is 13.5. The van der Waals surface area contributed by atoms with E-state index < -0.39 is 0 Å². The first kappa shape index (κ1) is 69.3. The van der Waals surface area contributed by atoms with Gasteiger partial charge in [0.1, 0.15) is 0 Å². The first-order chi connectivity index (χ1) is 34.0. The Bertz CT molecular complexity index is 910. The van der Waals surface area contributed by atoms with Gasteiger partial charge in [0.15, 0.2) is 0 Å². The zero-order valence-electron chi connectivity index (χ0n) is 46.9. The maximum atomic E-state index is 12.8. The van der Waals surface area contributed by atoms with Crippen LogP contribution in [0.4, 0.5) is 0 Å². The van der Waals surface area contributed by atoms with Gasteiger partial charge in [-0.05, 0) is 113 Å². The number of ether oxygens (including phenoxy) is 2. The third kappa shape index (κ3) is 54.4. The van der Waals surface area contributed by atoms with Crippen molar-refractivity contribution >= 4 is 59.0 Å². The van der Waals surface area contributed by atoms with Gasteiger partial charge in [0.25, 0.3) is 0 Å². The highest BCUT2D eigenvalue weighted by molar-refractivity contribution is 8.17. The van der Waals surface area contributed by atoms with Gasteiger partial charge in [-0.15, -0.1) is 47.0 Å². The van der Waals surface area contributed by atoms with Crippen LogP contribution in [0.1, 0.15) is 304 Å². The van der Waals surface area contributed by atoms with Crippen LogP contribution in [0.15, 0.2) is 0 Å². The van der Waals surface area contributed by atoms with Gasteiger partial charge in [-0.3, -0.25) is 9.59 Å². The summed E-state index contributed by atoms with van der Waals surface area (Å²) in [6.07, 6.45) is 52.6. The molecule has 9 heteroatoms. The number of esters is 2. The first-order valence-corrected chi connectivity index (χ1v) is 34.7. The Labute approximate surface area is 449 Å². The molecule has 0 aromatic carbocycles. The van der Waals surface area contributed by atoms with E-state index in [4.69, 9.17) is 9.47 Å². The fraction of sp³-hybridized carbons (Fsp3) is 0.967. The molecule has 0 rings (SSSR count). The van der Waals surface area contributed by atoms with E-state index in [2.05, 4.69) is 86.6 Å². The van der Waals surface area contributed by atoms with E-state index >= 15 is 0 Å². The molecular weight excluding hydrogens is 927 g/mol. The maximum absolute atomic E-state index is 12.8. The lowest BCUT2D eigenvalue weighted by Gasteiger charge is -2.22. The number of nitrogens with zero attached hydrogens (tertiary/aromatic N) is 1. The Morgan fingerprint density at radius 2 is 0.565 bits per heavy atom. The predicted molar refractivity (Wildman–Crippen MR) is 318 cm³/mol. The second kappa shape index (κ2) is 59.2. The van der Waals surface area contributed by atoms with Crippen LogP contribution in [0.3, 0.4) is 0 Å². The molecule has 0 saturated carbocycles. The average Bonchev–Trinajstić information content (AvgIpc) is 3.35. The second-order valence-electron chi connectivity index (χ2n) is 20.4. The molecule has 0 aromatic rings. The van der Waals surface area contributed by atoms with Crippen LogP contribution in [0, 0.1) is 0 Å². The van der Waals surface area contributed by atoms with E-state index in [-0.39, 0.29) is 11.9 Å². The molecule has 0 amide bonds. The standard InChI is InChI=1S/C60H119NO4S4/c1-6-11-16-20-24-32-40-53-66-59(67-54-41-33-25-21-17-12-7-2)46-44-57(62)64-51-38-30-28-36-49-61(48-15-10-5)50-37-29-31-39-52-65-58(63)45-47-60(68-55-42-34-26-22-18-13-8-3)69-56-43-35-27-23-19-14-9-4/h59-60H,6-56H2,1-5H3. The van der Waals surface area contributed by atoms with Crippen LogP contribution >= 0.6 is 47.0 Å². The molecule has 69 heavy (non-hydrogen) atoms. The summed E-state index contributed by atoms with van der Waals surface area (Å²) in [5.74, 6) is 4.92. The van der Waals surface area contributed by atoms with Gasteiger partial charge in [-0.25, -0.2) is 0 Å². The van der Waals surface area contributed by atoms with E-state index in [0.717, 1.165) is 38.5 Å². The van der Waals surface area contributed by atoms with E-state index in [1.165, 1.54) is 261 Å². The van der Waals surface area contributed by atoms with E-state index in [9.17, 15) is 9.59 Å². The number of unbranched alkanes of at least 4 members (excludes halogenated alkanes) is 31. The minimum atomic E-state index is 0.00707. The van der Waals surface area contributed by atoms with Gasteiger partial charge in [0.05, 0.1) is 22.4 Å². The fourth-order valence-electron chi connectivity index (χ4n) is 8.81. The second-order valence-corrected chi connectivity index (χ2v) is 26.2.